The van der Waals surface area contributed by atoms with Gasteiger partial charge in [0.25, 0.3) is 5.91 Å². The topological polar surface area (TPSA) is 45.1 Å². The summed E-state index contributed by atoms with van der Waals surface area (Å²) in [4.78, 5) is 23.5. The molecular weight excluding hydrogens is 531 g/mol. The first-order valence-corrected chi connectivity index (χ1v) is 13.6. The average molecular weight is 556 g/mol. The van der Waals surface area contributed by atoms with Crippen molar-refractivity contribution < 1.29 is 22.7 Å². The van der Waals surface area contributed by atoms with Crippen LogP contribution >= 0.6 is 23.5 Å². The number of amides is 1. The van der Waals surface area contributed by atoms with Crippen LogP contribution in [0.3, 0.4) is 0 Å². The smallest absolute Gasteiger partial charge is 0.416 e. The molecule has 196 valence electrons. The molecule has 0 N–H and O–H groups in total. The standard InChI is InChI=1S/C28H24F3N3O2S2/c1-3-33-22-17-21(36-2)12-13-23(22)37-26(33)24-25(35)34(15-14-18-8-5-4-6-9-18)27(38-24)32-20-11-7-10-19(16-20)28(29,30)31/h4-13,16-17H,3,14-15H2,1-2H3/b26-24-,32-27?. The Morgan fingerprint density at radius 3 is 2.45 bits per heavy atom. The fraction of sp³-hybridized carbons (Fsp3) is 0.214. The molecular formula is C28H24F3N3O2S2. The number of thioether (sulfide) groups is 2. The van der Waals surface area contributed by atoms with E-state index in [2.05, 4.69) is 9.89 Å². The van der Waals surface area contributed by atoms with Crippen LogP contribution in [0.25, 0.3) is 0 Å². The van der Waals surface area contributed by atoms with Gasteiger partial charge in [0.15, 0.2) is 5.17 Å². The zero-order valence-corrected chi connectivity index (χ0v) is 22.3. The first-order valence-electron chi connectivity index (χ1n) is 12.0. The molecule has 2 aliphatic rings. The number of rotatable bonds is 6. The van der Waals surface area contributed by atoms with Crippen LogP contribution < -0.4 is 9.64 Å². The molecule has 3 aromatic rings. The van der Waals surface area contributed by atoms with E-state index in [-0.39, 0.29) is 11.6 Å². The molecule has 1 fully saturated rings. The van der Waals surface area contributed by atoms with E-state index < -0.39 is 11.7 Å². The highest BCUT2D eigenvalue weighted by molar-refractivity contribution is 8.19. The lowest BCUT2D eigenvalue weighted by molar-refractivity contribution is -0.137. The molecule has 2 aliphatic heterocycles. The molecule has 1 amide bonds. The van der Waals surface area contributed by atoms with Crippen LogP contribution in [0, 0.1) is 0 Å². The number of hydrogen-bond donors (Lipinski definition) is 0. The maximum Gasteiger partial charge on any atom is 0.416 e. The number of carbonyl (C=O) groups is 1. The molecule has 0 radical (unpaired) electrons. The van der Waals surface area contributed by atoms with Crippen LogP contribution in [-0.4, -0.2) is 36.2 Å². The summed E-state index contributed by atoms with van der Waals surface area (Å²) in [7, 11) is 1.61. The second-order valence-corrected chi connectivity index (χ2v) is 10.6. The van der Waals surface area contributed by atoms with Gasteiger partial charge in [0.1, 0.15) is 15.7 Å². The number of anilines is 1. The van der Waals surface area contributed by atoms with Gasteiger partial charge in [0.05, 0.1) is 24.0 Å². The monoisotopic (exact) mass is 555 g/mol. The molecule has 0 saturated carbocycles. The molecule has 0 aliphatic carbocycles. The summed E-state index contributed by atoms with van der Waals surface area (Å²) < 4.78 is 45.3. The molecule has 5 nitrogen and oxygen atoms in total. The Kier molecular flexibility index (Phi) is 7.45. The van der Waals surface area contributed by atoms with E-state index in [1.54, 1.807) is 12.0 Å². The van der Waals surface area contributed by atoms with E-state index in [0.29, 0.717) is 29.6 Å². The number of benzene rings is 3. The maximum atomic E-state index is 13.8. The van der Waals surface area contributed by atoms with Crippen molar-refractivity contribution in [2.45, 2.75) is 24.4 Å². The van der Waals surface area contributed by atoms with Gasteiger partial charge in [-0.15, -0.1) is 0 Å². The highest BCUT2D eigenvalue weighted by Crippen LogP contribution is 2.51. The summed E-state index contributed by atoms with van der Waals surface area (Å²) in [5.74, 6) is 0.508. The van der Waals surface area contributed by atoms with Crippen molar-refractivity contribution >= 4 is 46.0 Å². The fourth-order valence-electron chi connectivity index (χ4n) is 4.24. The number of hydrogen-bond acceptors (Lipinski definition) is 6. The minimum absolute atomic E-state index is 0.144. The zero-order chi connectivity index (χ0) is 26.9. The lowest BCUT2D eigenvalue weighted by Gasteiger charge is -2.19. The zero-order valence-electron chi connectivity index (χ0n) is 20.7. The average Bonchev–Trinajstić information content (AvgIpc) is 3.43. The molecule has 0 bridgehead atoms. The van der Waals surface area contributed by atoms with Crippen molar-refractivity contribution in [1.29, 1.82) is 0 Å². The second kappa shape index (κ2) is 10.8. The Labute approximate surface area is 227 Å². The Hall–Kier alpha value is -3.37. The van der Waals surface area contributed by atoms with Gasteiger partial charge in [0.2, 0.25) is 0 Å². The number of ether oxygens (including phenoxy) is 1. The summed E-state index contributed by atoms with van der Waals surface area (Å²) in [6, 6.07) is 20.4. The van der Waals surface area contributed by atoms with Gasteiger partial charge < -0.3 is 9.64 Å². The fourth-order valence-corrected chi connectivity index (χ4v) is 6.63. The second-order valence-electron chi connectivity index (χ2n) is 8.55. The van der Waals surface area contributed by atoms with Gasteiger partial charge in [-0.05, 0) is 61.0 Å². The predicted molar refractivity (Wildman–Crippen MR) is 147 cm³/mol. The summed E-state index contributed by atoms with van der Waals surface area (Å²) in [6.45, 7) is 2.98. The summed E-state index contributed by atoms with van der Waals surface area (Å²) >= 11 is 2.70. The van der Waals surface area contributed by atoms with Crippen LogP contribution in [0.1, 0.15) is 18.1 Å². The number of nitrogens with zero attached hydrogens (tertiary/aromatic N) is 3. The van der Waals surface area contributed by atoms with Crippen molar-refractivity contribution in [3.05, 3.63) is 93.9 Å². The largest absolute Gasteiger partial charge is 0.497 e. The van der Waals surface area contributed by atoms with Crippen LogP contribution in [0.15, 0.2) is 92.6 Å². The summed E-state index contributed by atoms with van der Waals surface area (Å²) in [5.41, 5.74) is 1.36. The summed E-state index contributed by atoms with van der Waals surface area (Å²) in [5, 5.41) is 1.14. The van der Waals surface area contributed by atoms with Gasteiger partial charge in [-0.25, -0.2) is 4.99 Å². The quantitative estimate of drug-likeness (QED) is 0.298. The molecule has 3 aromatic carbocycles. The minimum atomic E-state index is -4.48. The molecule has 2 heterocycles. The van der Waals surface area contributed by atoms with E-state index in [4.69, 9.17) is 4.74 Å². The number of methoxy groups -OCH3 is 1. The minimum Gasteiger partial charge on any atom is -0.497 e. The normalized spacial score (nSPS) is 18.4. The van der Waals surface area contributed by atoms with Gasteiger partial charge in [0, 0.05) is 24.1 Å². The Balaban J connectivity index is 1.53. The van der Waals surface area contributed by atoms with E-state index in [1.165, 1.54) is 35.7 Å². The number of amidine groups is 1. The predicted octanol–water partition coefficient (Wildman–Crippen LogP) is 7.32. The molecule has 0 spiro atoms. The van der Waals surface area contributed by atoms with Crippen LogP contribution in [0.4, 0.5) is 24.5 Å². The van der Waals surface area contributed by atoms with E-state index >= 15 is 0 Å². The third-order valence-corrected chi connectivity index (χ3v) is 8.53. The van der Waals surface area contributed by atoms with Gasteiger partial charge in [-0.3, -0.25) is 9.69 Å². The maximum absolute atomic E-state index is 13.8. The Morgan fingerprint density at radius 1 is 0.947 bits per heavy atom. The van der Waals surface area contributed by atoms with E-state index in [1.807, 2.05) is 55.5 Å². The molecule has 38 heavy (non-hydrogen) atoms. The molecule has 10 heteroatoms. The van der Waals surface area contributed by atoms with Crippen molar-refractivity contribution in [1.82, 2.24) is 4.90 Å². The molecule has 0 unspecified atom stereocenters. The van der Waals surface area contributed by atoms with Crippen molar-refractivity contribution in [3.63, 3.8) is 0 Å². The Bertz CT molecular complexity index is 1420. The number of carbonyl (C=O) groups excluding carboxylic acids is 1. The van der Waals surface area contributed by atoms with E-state index in [0.717, 1.165) is 39.1 Å². The first-order chi connectivity index (χ1) is 18.3. The van der Waals surface area contributed by atoms with Crippen LogP contribution in [0.2, 0.25) is 0 Å². The molecule has 5 rings (SSSR count). The van der Waals surface area contributed by atoms with E-state index in [9.17, 15) is 18.0 Å². The Morgan fingerprint density at radius 2 is 1.74 bits per heavy atom. The van der Waals surface area contributed by atoms with Crippen LogP contribution in [-0.2, 0) is 17.4 Å². The van der Waals surface area contributed by atoms with Gasteiger partial charge >= 0.3 is 6.18 Å². The SMILES string of the molecule is CCN1/C(=C2/SC(=Nc3cccc(C(F)(F)F)c3)N(CCc3ccccc3)C2=O)Sc2ccc(OC)cc21. The molecule has 0 aromatic heterocycles. The number of fused-ring (bicyclic) bond motifs is 1. The van der Waals surface area contributed by atoms with Crippen molar-refractivity contribution in [2.24, 2.45) is 4.99 Å². The van der Waals surface area contributed by atoms with Gasteiger partial charge in [-0.1, -0.05) is 48.2 Å². The lowest BCUT2D eigenvalue weighted by atomic mass is 10.1. The number of aliphatic imine (C=N–C) groups is 1. The highest BCUT2D eigenvalue weighted by atomic mass is 32.2. The van der Waals surface area contributed by atoms with Gasteiger partial charge in [-0.2, -0.15) is 13.2 Å². The number of alkyl halides is 3. The lowest BCUT2D eigenvalue weighted by Crippen LogP contribution is -2.32. The third kappa shape index (κ3) is 5.28. The summed E-state index contributed by atoms with van der Waals surface area (Å²) in [6.07, 6.45) is -3.90. The highest BCUT2D eigenvalue weighted by Gasteiger charge is 2.40. The van der Waals surface area contributed by atoms with Crippen LogP contribution in [0.5, 0.6) is 5.75 Å². The van der Waals surface area contributed by atoms with Crippen molar-refractivity contribution in [3.8, 4) is 5.75 Å². The first kappa shape index (κ1) is 26.2. The number of halogens is 3. The third-order valence-electron chi connectivity index (χ3n) is 6.15. The molecule has 0 atom stereocenters. The van der Waals surface area contributed by atoms with Crippen molar-refractivity contribution in [2.75, 3.05) is 25.1 Å². The molecule has 1 saturated heterocycles.